The molecule has 1 aliphatic heterocycles. The Labute approximate surface area is 150 Å². The van der Waals surface area contributed by atoms with Crippen molar-refractivity contribution in [3.63, 3.8) is 0 Å². The molecule has 1 fully saturated rings. The lowest BCUT2D eigenvalue weighted by Gasteiger charge is -2.26. The Morgan fingerprint density at radius 1 is 1.04 bits per heavy atom. The number of halogens is 2. The van der Waals surface area contributed by atoms with Gasteiger partial charge in [0, 0.05) is 18.7 Å². The third kappa shape index (κ3) is 3.59. The van der Waals surface area contributed by atoms with Crippen molar-refractivity contribution >= 4 is 17.5 Å². The molecular formula is C20H20F2N2O2. The molecule has 26 heavy (non-hydrogen) atoms. The molecule has 1 aliphatic rings. The summed E-state index contributed by atoms with van der Waals surface area (Å²) in [7, 11) is 0. The van der Waals surface area contributed by atoms with Crippen LogP contribution in [0.25, 0.3) is 0 Å². The number of nitrogens with one attached hydrogen (secondary N) is 1. The summed E-state index contributed by atoms with van der Waals surface area (Å²) in [5.41, 5.74) is 0.433. The van der Waals surface area contributed by atoms with Gasteiger partial charge in [0.05, 0.1) is 11.5 Å². The van der Waals surface area contributed by atoms with Gasteiger partial charge in [0.2, 0.25) is 11.8 Å². The molecule has 1 heterocycles. The van der Waals surface area contributed by atoms with E-state index in [1.165, 1.54) is 29.2 Å². The second kappa shape index (κ2) is 6.86. The average molecular weight is 358 g/mol. The fourth-order valence-corrected chi connectivity index (χ4v) is 3.04. The van der Waals surface area contributed by atoms with E-state index in [2.05, 4.69) is 5.32 Å². The molecule has 3 rings (SSSR count). The van der Waals surface area contributed by atoms with Crippen LogP contribution in [0.4, 0.5) is 14.5 Å². The van der Waals surface area contributed by atoms with Crippen LogP contribution in [-0.2, 0) is 15.0 Å². The topological polar surface area (TPSA) is 49.4 Å². The van der Waals surface area contributed by atoms with E-state index in [1.807, 2.05) is 0 Å². The minimum atomic E-state index is -0.861. The number of rotatable bonds is 4. The highest BCUT2D eigenvalue weighted by molar-refractivity contribution is 5.97. The maximum Gasteiger partial charge on any atom is 0.230 e. The molecule has 0 aromatic heterocycles. The smallest absolute Gasteiger partial charge is 0.230 e. The van der Waals surface area contributed by atoms with E-state index in [4.69, 9.17) is 0 Å². The molecule has 2 aromatic carbocycles. The van der Waals surface area contributed by atoms with E-state index < -0.39 is 5.41 Å². The maximum absolute atomic E-state index is 13.1. The SMILES string of the molecule is CC(C)(C(=O)N[C@H]1CC(=O)N(c2ccc(F)cc2)C1)c1ccc(F)cc1. The summed E-state index contributed by atoms with van der Waals surface area (Å²) < 4.78 is 26.2. The Hall–Kier alpha value is -2.76. The lowest BCUT2D eigenvalue weighted by Crippen LogP contribution is -2.46. The van der Waals surface area contributed by atoms with Crippen LogP contribution in [0.2, 0.25) is 0 Å². The molecule has 1 atom stereocenters. The third-order valence-electron chi connectivity index (χ3n) is 4.73. The number of nitrogens with zero attached hydrogens (tertiary/aromatic N) is 1. The summed E-state index contributed by atoms with van der Waals surface area (Å²) >= 11 is 0. The minimum Gasteiger partial charge on any atom is -0.350 e. The van der Waals surface area contributed by atoms with Gasteiger partial charge in [-0.2, -0.15) is 0 Å². The number of carbonyl (C=O) groups excluding carboxylic acids is 2. The summed E-state index contributed by atoms with van der Waals surface area (Å²) in [6, 6.07) is 11.1. The van der Waals surface area contributed by atoms with Crippen LogP contribution in [0.1, 0.15) is 25.8 Å². The van der Waals surface area contributed by atoms with Crippen molar-refractivity contribution in [1.82, 2.24) is 5.32 Å². The first-order chi connectivity index (χ1) is 12.3. The predicted octanol–water partition coefficient (Wildman–Crippen LogP) is 3.16. The zero-order chi connectivity index (χ0) is 18.9. The number of amides is 2. The Balaban J connectivity index is 1.69. The largest absolute Gasteiger partial charge is 0.350 e. The predicted molar refractivity (Wildman–Crippen MR) is 94.7 cm³/mol. The highest BCUT2D eigenvalue weighted by Crippen LogP contribution is 2.26. The second-order valence-electron chi connectivity index (χ2n) is 6.99. The van der Waals surface area contributed by atoms with Gasteiger partial charge < -0.3 is 10.2 Å². The standard InChI is InChI=1S/C20H20F2N2O2/c1-20(2,13-3-5-14(21)6-4-13)19(26)23-16-11-18(25)24(12-16)17-9-7-15(22)8-10-17/h3-10,16H,11-12H2,1-2H3,(H,23,26)/t16-/m0/s1. The highest BCUT2D eigenvalue weighted by atomic mass is 19.1. The zero-order valence-electron chi connectivity index (χ0n) is 14.6. The van der Waals surface area contributed by atoms with Gasteiger partial charge in [-0.15, -0.1) is 0 Å². The number of hydrogen-bond donors (Lipinski definition) is 1. The number of hydrogen-bond acceptors (Lipinski definition) is 2. The second-order valence-corrected chi connectivity index (χ2v) is 6.99. The summed E-state index contributed by atoms with van der Waals surface area (Å²) in [5.74, 6) is -1.09. The Morgan fingerprint density at radius 2 is 1.58 bits per heavy atom. The first-order valence-corrected chi connectivity index (χ1v) is 8.40. The van der Waals surface area contributed by atoms with Crippen molar-refractivity contribution in [1.29, 1.82) is 0 Å². The average Bonchev–Trinajstić information content (AvgIpc) is 2.96. The lowest BCUT2D eigenvalue weighted by molar-refractivity contribution is -0.126. The summed E-state index contributed by atoms with van der Waals surface area (Å²) in [6.45, 7) is 3.84. The van der Waals surface area contributed by atoms with Crippen LogP contribution in [0.15, 0.2) is 48.5 Å². The van der Waals surface area contributed by atoms with Crippen LogP contribution in [0, 0.1) is 11.6 Å². The van der Waals surface area contributed by atoms with E-state index in [0.717, 1.165) is 0 Å². The quantitative estimate of drug-likeness (QED) is 0.913. The van der Waals surface area contributed by atoms with Crippen LogP contribution in [-0.4, -0.2) is 24.4 Å². The van der Waals surface area contributed by atoms with Gasteiger partial charge in [-0.3, -0.25) is 9.59 Å². The van der Waals surface area contributed by atoms with Gasteiger partial charge in [-0.1, -0.05) is 12.1 Å². The summed E-state index contributed by atoms with van der Waals surface area (Å²) in [4.78, 5) is 26.5. The lowest BCUT2D eigenvalue weighted by atomic mass is 9.83. The maximum atomic E-state index is 13.1. The van der Waals surface area contributed by atoms with Gasteiger partial charge in [0.25, 0.3) is 0 Å². The van der Waals surface area contributed by atoms with Crippen molar-refractivity contribution in [2.24, 2.45) is 0 Å². The fourth-order valence-electron chi connectivity index (χ4n) is 3.04. The molecule has 2 amide bonds. The number of benzene rings is 2. The molecule has 2 aromatic rings. The molecule has 1 saturated heterocycles. The normalized spacial score (nSPS) is 17.5. The zero-order valence-corrected chi connectivity index (χ0v) is 14.6. The molecule has 0 unspecified atom stereocenters. The van der Waals surface area contributed by atoms with E-state index in [9.17, 15) is 18.4 Å². The van der Waals surface area contributed by atoms with Crippen LogP contribution < -0.4 is 10.2 Å². The van der Waals surface area contributed by atoms with E-state index in [1.54, 1.807) is 38.1 Å². The molecular weight excluding hydrogens is 338 g/mol. The highest BCUT2D eigenvalue weighted by Gasteiger charge is 2.36. The van der Waals surface area contributed by atoms with E-state index >= 15 is 0 Å². The molecule has 1 N–H and O–H groups in total. The van der Waals surface area contributed by atoms with Crippen molar-refractivity contribution in [3.05, 3.63) is 65.7 Å². The van der Waals surface area contributed by atoms with Crippen LogP contribution in [0.5, 0.6) is 0 Å². The fraction of sp³-hybridized carbons (Fsp3) is 0.300. The van der Waals surface area contributed by atoms with Crippen molar-refractivity contribution in [3.8, 4) is 0 Å². The van der Waals surface area contributed by atoms with Gasteiger partial charge in [0.1, 0.15) is 11.6 Å². The van der Waals surface area contributed by atoms with Crippen LogP contribution >= 0.6 is 0 Å². The molecule has 0 spiro atoms. The molecule has 0 bridgehead atoms. The van der Waals surface area contributed by atoms with Crippen molar-refractivity contribution in [2.45, 2.75) is 31.7 Å². The molecule has 136 valence electrons. The number of anilines is 1. The minimum absolute atomic E-state index is 0.124. The van der Waals surface area contributed by atoms with E-state index in [0.29, 0.717) is 17.8 Å². The van der Waals surface area contributed by atoms with Gasteiger partial charge in [-0.25, -0.2) is 8.78 Å². The monoisotopic (exact) mass is 358 g/mol. The van der Waals surface area contributed by atoms with Crippen LogP contribution in [0.3, 0.4) is 0 Å². The first-order valence-electron chi connectivity index (χ1n) is 8.40. The summed E-state index contributed by atoms with van der Waals surface area (Å²) in [6.07, 6.45) is 0.183. The van der Waals surface area contributed by atoms with Crippen molar-refractivity contribution < 1.29 is 18.4 Å². The van der Waals surface area contributed by atoms with E-state index in [-0.39, 0.29) is 35.9 Å². The Bertz CT molecular complexity index is 817. The Morgan fingerprint density at radius 3 is 2.15 bits per heavy atom. The van der Waals surface area contributed by atoms with Crippen molar-refractivity contribution in [2.75, 3.05) is 11.4 Å². The number of carbonyl (C=O) groups is 2. The summed E-state index contributed by atoms with van der Waals surface area (Å²) in [5, 5.41) is 2.90. The van der Waals surface area contributed by atoms with Gasteiger partial charge in [-0.05, 0) is 55.8 Å². The van der Waals surface area contributed by atoms with Gasteiger partial charge in [0.15, 0.2) is 0 Å². The molecule has 0 aliphatic carbocycles. The molecule has 0 saturated carbocycles. The molecule has 4 nitrogen and oxygen atoms in total. The van der Waals surface area contributed by atoms with Gasteiger partial charge >= 0.3 is 0 Å². The molecule has 6 heteroatoms. The Kier molecular flexibility index (Phi) is 4.76. The first kappa shape index (κ1) is 18.0. The third-order valence-corrected chi connectivity index (χ3v) is 4.73. The molecule has 0 radical (unpaired) electrons.